The summed E-state index contributed by atoms with van der Waals surface area (Å²) in [5, 5.41) is 0. The fourth-order valence-corrected chi connectivity index (χ4v) is 4.82. The molecule has 0 radical (unpaired) electrons. The van der Waals surface area contributed by atoms with Crippen LogP contribution in [0, 0.1) is 18.8 Å². The van der Waals surface area contributed by atoms with E-state index >= 15 is 0 Å². The summed E-state index contributed by atoms with van der Waals surface area (Å²) in [5.74, 6) is 0.130. The molecule has 2 rings (SSSR count). The molecule has 10 heteroatoms. The molecule has 32 heavy (non-hydrogen) atoms. The van der Waals surface area contributed by atoms with Gasteiger partial charge in [0, 0.05) is 37.1 Å². The Balaban J connectivity index is 2.46. The van der Waals surface area contributed by atoms with Crippen LogP contribution in [0.25, 0.3) is 0 Å². The SMILES string of the molecule is COCCO[C@@H]1[C@H](C)[C@@H]([C@H](OCC(C)C)[C@@H](C)P(C)(C)=O)O[C@H]1n1cc(C)c(=O)[nH]c1=O. The van der Waals surface area contributed by atoms with Crippen LogP contribution in [-0.4, -0.2) is 73.8 Å². The predicted octanol–water partition coefficient (Wildman–Crippen LogP) is 2.46. The van der Waals surface area contributed by atoms with E-state index in [2.05, 4.69) is 18.8 Å². The van der Waals surface area contributed by atoms with Gasteiger partial charge in [0.05, 0.1) is 32.6 Å². The maximum absolute atomic E-state index is 13.0. The van der Waals surface area contributed by atoms with Crippen molar-refractivity contribution < 1.29 is 23.5 Å². The van der Waals surface area contributed by atoms with Gasteiger partial charge in [-0.3, -0.25) is 14.3 Å². The topological polar surface area (TPSA) is 109 Å². The van der Waals surface area contributed by atoms with Crippen LogP contribution in [0.5, 0.6) is 0 Å². The van der Waals surface area contributed by atoms with Gasteiger partial charge in [0.1, 0.15) is 6.10 Å². The number of hydrogen-bond donors (Lipinski definition) is 1. The summed E-state index contributed by atoms with van der Waals surface area (Å²) in [6, 6.07) is 0. The predicted molar refractivity (Wildman–Crippen MR) is 124 cm³/mol. The number of ether oxygens (including phenoxy) is 4. The average Bonchev–Trinajstić information content (AvgIpc) is 3.00. The summed E-state index contributed by atoms with van der Waals surface area (Å²) in [6.07, 6.45) is -0.644. The van der Waals surface area contributed by atoms with E-state index in [-0.39, 0.29) is 11.6 Å². The van der Waals surface area contributed by atoms with E-state index in [1.807, 2.05) is 13.8 Å². The zero-order valence-electron chi connectivity index (χ0n) is 20.5. The Kier molecular flexibility index (Phi) is 9.49. The number of aromatic nitrogens is 2. The monoisotopic (exact) mass is 474 g/mol. The molecule has 0 saturated carbocycles. The third kappa shape index (κ3) is 6.41. The largest absolute Gasteiger partial charge is 0.382 e. The van der Waals surface area contributed by atoms with Crippen LogP contribution in [-0.2, 0) is 23.5 Å². The molecule has 1 N–H and O–H groups in total. The minimum atomic E-state index is -2.50. The van der Waals surface area contributed by atoms with Crippen molar-refractivity contribution in [1.82, 2.24) is 9.55 Å². The highest BCUT2D eigenvalue weighted by Gasteiger charge is 2.50. The minimum absolute atomic E-state index is 0.165. The first-order valence-corrected chi connectivity index (χ1v) is 13.8. The molecule has 0 bridgehead atoms. The van der Waals surface area contributed by atoms with Crippen molar-refractivity contribution in [3.8, 4) is 0 Å². The van der Waals surface area contributed by atoms with E-state index in [4.69, 9.17) is 18.9 Å². The lowest BCUT2D eigenvalue weighted by Gasteiger charge is -2.34. The van der Waals surface area contributed by atoms with Crippen molar-refractivity contribution >= 4 is 7.14 Å². The van der Waals surface area contributed by atoms with Crippen LogP contribution >= 0.6 is 7.14 Å². The smallest absolute Gasteiger partial charge is 0.330 e. The Labute approximate surface area is 190 Å². The van der Waals surface area contributed by atoms with E-state index in [0.29, 0.717) is 31.3 Å². The van der Waals surface area contributed by atoms with E-state index in [1.165, 1.54) is 10.8 Å². The molecule has 0 aliphatic carbocycles. The second-order valence-electron chi connectivity index (χ2n) is 9.52. The number of H-pyrrole nitrogens is 1. The van der Waals surface area contributed by atoms with Gasteiger partial charge >= 0.3 is 5.69 Å². The van der Waals surface area contributed by atoms with Gasteiger partial charge in [0.15, 0.2) is 6.23 Å². The fourth-order valence-electron chi connectivity index (χ4n) is 3.85. The zero-order valence-corrected chi connectivity index (χ0v) is 21.4. The van der Waals surface area contributed by atoms with Crippen LogP contribution in [0.2, 0.25) is 0 Å². The highest BCUT2D eigenvalue weighted by atomic mass is 31.2. The lowest BCUT2D eigenvalue weighted by Crippen LogP contribution is -2.42. The van der Waals surface area contributed by atoms with Gasteiger partial charge in [-0.25, -0.2) is 4.79 Å². The van der Waals surface area contributed by atoms with Crippen molar-refractivity contribution in [1.29, 1.82) is 0 Å². The number of nitrogens with one attached hydrogen (secondary N) is 1. The number of methoxy groups -OCH3 is 1. The molecule has 1 aliphatic rings. The maximum atomic E-state index is 13.0. The third-order valence-electron chi connectivity index (χ3n) is 6.03. The average molecular weight is 475 g/mol. The van der Waals surface area contributed by atoms with Crippen LogP contribution in [0.15, 0.2) is 15.8 Å². The molecule has 0 spiro atoms. The van der Waals surface area contributed by atoms with Crippen LogP contribution in [0.3, 0.4) is 0 Å². The highest BCUT2D eigenvalue weighted by Crippen LogP contribution is 2.48. The summed E-state index contributed by atoms with van der Waals surface area (Å²) in [6.45, 7) is 14.4. The Morgan fingerprint density at radius 2 is 1.88 bits per heavy atom. The Bertz CT molecular complexity index is 906. The molecule has 1 aromatic rings. The zero-order chi connectivity index (χ0) is 24.2. The summed E-state index contributed by atoms with van der Waals surface area (Å²) in [5.41, 5.74) is -0.854. The normalized spacial score (nSPS) is 25.9. The van der Waals surface area contributed by atoms with Gasteiger partial charge in [0.2, 0.25) is 0 Å². The maximum Gasteiger partial charge on any atom is 0.330 e. The van der Waals surface area contributed by atoms with E-state index < -0.39 is 42.9 Å². The first kappa shape index (κ1) is 27.0. The summed E-state index contributed by atoms with van der Waals surface area (Å²) in [7, 11) is -0.906. The van der Waals surface area contributed by atoms with Crippen molar-refractivity contribution in [2.75, 3.05) is 40.3 Å². The molecule has 0 amide bonds. The summed E-state index contributed by atoms with van der Waals surface area (Å²) < 4.78 is 38.2. The molecule has 6 atom stereocenters. The molecular weight excluding hydrogens is 435 g/mol. The Morgan fingerprint density at radius 1 is 1.22 bits per heavy atom. The van der Waals surface area contributed by atoms with Crippen molar-refractivity contribution in [2.45, 2.75) is 64.8 Å². The van der Waals surface area contributed by atoms with Gasteiger partial charge in [-0.1, -0.05) is 27.7 Å². The molecule has 1 aliphatic heterocycles. The van der Waals surface area contributed by atoms with Crippen molar-refractivity contribution in [2.24, 2.45) is 11.8 Å². The first-order chi connectivity index (χ1) is 14.9. The second-order valence-corrected chi connectivity index (χ2v) is 13.2. The van der Waals surface area contributed by atoms with Crippen LogP contribution < -0.4 is 11.2 Å². The van der Waals surface area contributed by atoms with Gasteiger partial charge < -0.3 is 23.5 Å². The molecule has 0 aromatic carbocycles. The Hall–Kier alpha value is -1.25. The van der Waals surface area contributed by atoms with Gasteiger partial charge in [-0.2, -0.15) is 0 Å². The number of hydrogen-bond acceptors (Lipinski definition) is 7. The third-order valence-corrected chi connectivity index (χ3v) is 8.29. The molecule has 184 valence electrons. The minimum Gasteiger partial charge on any atom is -0.382 e. The summed E-state index contributed by atoms with van der Waals surface area (Å²) >= 11 is 0. The van der Waals surface area contributed by atoms with Crippen molar-refractivity contribution in [3.63, 3.8) is 0 Å². The van der Waals surface area contributed by atoms with Crippen LogP contribution in [0.1, 0.15) is 39.5 Å². The second kappa shape index (κ2) is 11.3. The van der Waals surface area contributed by atoms with Gasteiger partial charge in [0.25, 0.3) is 5.56 Å². The number of aromatic amines is 1. The molecular formula is C22H39N2O7P. The van der Waals surface area contributed by atoms with Gasteiger partial charge in [-0.15, -0.1) is 0 Å². The van der Waals surface area contributed by atoms with Crippen LogP contribution in [0.4, 0.5) is 0 Å². The van der Waals surface area contributed by atoms with E-state index in [0.717, 1.165) is 0 Å². The highest BCUT2D eigenvalue weighted by molar-refractivity contribution is 7.63. The van der Waals surface area contributed by atoms with Crippen molar-refractivity contribution in [3.05, 3.63) is 32.6 Å². The number of aryl methyl sites for hydroxylation is 1. The molecule has 1 aromatic heterocycles. The quantitative estimate of drug-likeness (QED) is 0.388. The molecule has 0 unspecified atom stereocenters. The first-order valence-electron chi connectivity index (χ1n) is 11.1. The van der Waals surface area contributed by atoms with E-state index in [1.54, 1.807) is 27.4 Å². The molecule has 1 fully saturated rings. The lowest BCUT2D eigenvalue weighted by molar-refractivity contribution is -0.110. The van der Waals surface area contributed by atoms with Gasteiger partial charge in [-0.05, 0) is 26.2 Å². The molecule has 1 saturated heterocycles. The molecule has 2 heterocycles. The standard InChI is InChI=1S/C22H39N2O7P/c1-13(2)12-30-19(16(5)32(7,8)27)17-15(4)18(29-10-9-28-6)21(31-17)24-11-14(3)20(25)23-22(24)26/h11,13,15-19,21H,9-10,12H2,1-8H3,(H,23,25,26)/t15-,16-,17+,18-,19-,21-/m1/s1. The lowest BCUT2D eigenvalue weighted by atomic mass is 9.94. The summed E-state index contributed by atoms with van der Waals surface area (Å²) in [4.78, 5) is 26.8. The molecule has 9 nitrogen and oxygen atoms in total. The fraction of sp³-hybridized carbons (Fsp3) is 0.818. The van der Waals surface area contributed by atoms with E-state index in [9.17, 15) is 14.2 Å². The Morgan fingerprint density at radius 3 is 2.44 bits per heavy atom. The number of nitrogens with zero attached hydrogens (tertiary/aromatic N) is 1. The number of rotatable bonds is 11.